The van der Waals surface area contributed by atoms with Crippen molar-refractivity contribution in [2.24, 2.45) is 0 Å². The highest BCUT2D eigenvalue weighted by molar-refractivity contribution is 8.00. The van der Waals surface area contributed by atoms with Gasteiger partial charge in [0, 0.05) is 15.5 Å². The molecule has 0 bridgehead atoms. The third kappa shape index (κ3) is 3.00. The lowest BCUT2D eigenvalue weighted by Crippen LogP contribution is -2.05. The quantitative estimate of drug-likeness (QED) is 0.674. The molecule has 0 aromatic carbocycles. The summed E-state index contributed by atoms with van der Waals surface area (Å²) in [7, 11) is 0. The number of hydrogen-bond acceptors (Lipinski definition) is 5. The highest BCUT2D eigenvalue weighted by Crippen LogP contribution is 2.33. The number of carboxylic acid groups (broad SMARTS) is 1. The van der Waals surface area contributed by atoms with E-state index in [1.54, 1.807) is 17.7 Å². The van der Waals surface area contributed by atoms with Crippen LogP contribution in [-0.4, -0.2) is 26.3 Å². The molecule has 0 radical (unpaired) electrons. The normalized spacial score (nSPS) is 12.8. The Hall–Kier alpha value is -1.14. The molecule has 96 valence electrons. The SMILES string of the molecule is CCc1cc2c(SC(C)CC(=O)O)ncnc2s1. The Morgan fingerprint density at radius 3 is 3.00 bits per heavy atom. The molecule has 1 unspecified atom stereocenters. The van der Waals surface area contributed by atoms with Gasteiger partial charge in [0.1, 0.15) is 16.2 Å². The van der Waals surface area contributed by atoms with E-state index in [0.717, 1.165) is 21.7 Å². The molecule has 0 aliphatic carbocycles. The standard InChI is InChI=1S/C12H14N2O2S2/c1-3-8-5-9-11(13-6-14-12(9)18-8)17-7(2)4-10(15)16/h5-7H,3-4H2,1-2H3,(H,15,16). The summed E-state index contributed by atoms with van der Waals surface area (Å²) in [5, 5.41) is 10.7. The van der Waals surface area contributed by atoms with Crippen molar-refractivity contribution in [2.45, 2.75) is 37.0 Å². The van der Waals surface area contributed by atoms with Crippen molar-refractivity contribution in [3.05, 3.63) is 17.3 Å². The Morgan fingerprint density at radius 1 is 1.56 bits per heavy atom. The molecule has 2 aromatic heterocycles. The first-order valence-corrected chi connectivity index (χ1v) is 7.41. The van der Waals surface area contributed by atoms with Crippen LogP contribution in [0.5, 0.6) is 0 Å². The van der Waals surface area contributed by atoms with Crippen LogP contribution in [0.15, 0.2) is 17.4 Å². The van der Waals surface area contributed by atoms with Gasteiger partial charge in [0.2, 0.25) is 0 Å². The third-order valence-electron chi connectivity index (χ3n) is 2.47. The summed E-state index contributed by atoms with van der Waals surface area (Å²) in [6.45, 7) is 4.01. The second kappa shape index (κ2) is 5.67. The van der Waals surface area contributed by atoms with E-state index in [1.807, 2.05) is 6.92 Å². The summed E-state index contributed by atoms with van der Waals surface area (Å²) < 4.78 is 0. The van der Waals surface area contributed by atoms with Crippen molar-refractivity contribution < 1.29 is 9.90 Å². The second-order valence-corrected chi connectivity index (χ2v) is 6.53. The topological polar surface area (TPSA) is 63.1 Å². The molecule has 0 amide bonds. The highest BCUT2D eigenvalue weighted by atomic mass is 32.2. The van der Waals surface area contributed by atoms with Crippen LogP contribution >= 0.6 is 23.1 Å². The van der Waals surface area contributed by atoms with Crippen LogP contribution < -0.4 is 0 Å². The Bertz CT molecular complexity index is 568. The molecule has 1 atom stereocenters. The van der Waals surface area contributed by atoms with E-state index in [4.69, 9.17) is 5.11 Å². The van der Waals surface area contributed by atoms with Gasteiger partial charge >= 0.3 is 5.97 Å². The average Bonchev–Trinajstić information content (AvgIpc) is 2.72. The number of nitrogens with zero attached hydrogens (tertiary/aromatic N) is 2. The first-order chi connectivity index (χ1) is 8.60. The fourth-order valence-electron chi connectivity index (χ4n) is 1.63. The van der Waals surface area contributed by atoms with Crippen LogP contribution in [0.3, 0.4) is 0 Å². The van der Waals surface area contributed by atoms with E-state index < -0.39 is 5.97 Å². The van der Waals surface area contributed by atoms with Crippen LogP contribution in [0.1, 0.15) is 25.1 Å². The van der Waals surface area contributed by atoms with Gasteiger partial charge in [0.05, 0.1) is 6.42 Å². The van der Waals surface area contributed by atoms with Gasteiger partial charge in [-0.25, -0.2) is 9.97 Å². The summed E-state index contributed by atoms with van der Waals surface area (Å²) in [5.74, 6) is -0.778. The Morgan fingerprint density at radius 2 is 2.33 bits per heavy atom. The lowest BCUT2D eigenvalue weighted by atomic mass is 10.3. The molecular weight excluding hydrogens is 268 g/mol. The molecule has 0 fully saturated rings. The van der Waals surface area contributed by atoms with E-state index in [1.165, 1.54) is 16.6 Å². The molecule has 2 rings (SSSR count). The summed E-state index contributed by atoms with van der Waals surface area (Å²) in [5.41, 5.74) is 0. The molecule has 2 aromatic rings. The summed E-state index contributed by atoms with van der Waals surface area (Å²) in [6, 6.07) is 2.11. The maximum Gasteiger partial charge on any atom is 0.304 e. The van der Waals surface area contributed by atoms with Crippen LogP contribution in [0.4, 0.5) is 0 Å². The maximum atomic E-state index is 10.7. The van der Waals surface area contributed by atoms with Gasteiger partial charge in [0.25, 0.3) is 0 Å². The summed E-state index contributed by atoms with van der Waals surface area (Å²) >= 11 is 3.17. The predicted octanol–water partition coefficient (Wildman–Crippen LogP) is 3.21. The van der Waals surface area contributed by atoms with Gasteiger partial charge in [-0.05, 0) is 12.5 Å². The lowest BCUT2D eigenvalue weighted by Gasteiger charge is -2.07. The fraction of sp³-hybridized carbons (Fsp3) is 0.417. The molecule has 0 saturated carbocycles. The van der Waals surface area contributed by atoms with Gasteiger partial charge in [-0.1, -0.05) is 13.8 Å². The largest absolute Gasteiger partial charge is 0.481 e. The van der Waals surface area contributed by atoms with Crippen molar-refractivity contribution in [2.75, 3.05) is 0 Å². The van der Waals surface area contributed by atoms with Gasteiger partial charge in [-0.3, -0.25) is 4.79 Å². The molecule has 1 N–H and O–H groups in total. The number of fused-ring (bicyclic) bond motifs is 1. The number of rotatable bonds is 5. The minimum atomic E-state index is -0.778. The van der Waals surface area contributed by atoms with Gasteiger partial charge in [-0.2, -0.15) is 0 Å². The van der Waals surface area contributed by atoms with Crippen molar-refractivity contribution in [1.29, 1.82) is 0 Å². The zero-order valence-electron chi connectivity index (χ0n) is 10.2. The number of carbonyl (C=O) groups is 1. The maximum absolute atomic E-state index is 10.7. The van der Waals surface area contributed by atoms with Crippen molar-refractivity contribution in [3.63, 3.8) is 0 Å². The average molecular weight is 282 g/mol. The highest BCUT2D eigenvalue weighted by Gasteiger charge is 2.14. The van der Waals surface area contributed by atoms with Crippen LogP contribution in [0.25, 0.3) is 10.2 Å². The van der Waals surface area contributed by atoms with Crippen LogP contribution in [0.2, 0.25) is 0 Å². The lowest BCUT2D eigenvalue weighted by molar-refractivity contribution is -0.136. The summed E-state index contributed by atoms with van der Waals surface area (Å²) in [6.07, 6.45) is 2.67. The predicted molar refractivity (Wildman–Crippen MR) is 74.4 cm³/mol. The number of aromatic nitrogens is 2. The molecular formula is C12H14N2O2S2. The van der Waals surface area contributed by atoms with Crippen LogP contribution in [-0.2, 0) is 11.2 Å². The zero-order chi connectivity index (χ0) is 13.1. The molecule has 0 spiro atoms. The first-order valence-electron chi connectivity index (χ1n) is 5.72. The zero-order valence-corrected chi connectivity index (χ0v) is 11.8. The molecule has 18 heavy (non-hydrogen) atoms. The van der Waals surface area contributed by atoms with Crippen molar-refractivity contribution in [3.8, 4) is 0 Å². The number of aryl methyl sites for hydroxylation is 1. The number of thioether (sulfide) groups is 1. The van der Waals surface area contributed by atoms with Gasteiger partial charge < -0.3 is 5.11 Å². The molecule has 2 heterocycles. The molecule has 0 saturated heterocycles. The molecule has 6 heteroatoms. The van der Waals surface area contributed by atoms with E-state index in [0.29, 0.717) is 0 Å². The van der Waals surface area contributed by atoms with E-state index in [-0.39, 0.29) is 11.7 Å². The number of hydrogen-bond donors (Lipinski definition) is 1. The minimum absolute atomic E-state index is 0.00516. The van der Waals surface area contributed by atoms with Crippen molar-refractivity contribution >= 4 is 39.3 Å². The minimum Gasteiger partial charge on any atom is -0.481 e. The van der Waals surface area contributed by atoms with Crippen molar-refractivity contribution in [1.82, 2.24) is 9.97 Å². The van der Waals surface area contributed by atoms with Gasteiger partial charge in [0.15, 0.2) is 0 Å². The monoisotopic (exact) mass is 282 g/mol. The molecule has 0 aliphatic heterocycles. The van der Waals surface area contributed by atoms with Gasteiger partial charge in [-0.15, -0.1) is 23.1 Å². The number of carboxylic acids is 1. The fourth-order valence-corrected chi connectivity index (χ4v) is 3.63. The second-order valence-electron chi connectivity index (χ2n) is 3.99. The third-order valence-corrected chi connectivity index (χ3v) is 4.77. The number of aliphatic carboxylic acids is 1. The van der Waals surface area contributed by atoms with E-state index >= 15 is 0 Å². The first kappa shape index (κ1) is 13.3. The Labute approximate surface area is 113 Å². The molecule has 0 aliphatic rings. The Kier molecular flexibility index (Phi) is 4.19. The van der Waals surface area contributed by atoms with E-state index in [9.17, 15) is 4.79 Å². The summed E-state index contributed by atoms with van der Waals surface area (Å²) in [4.78, 5) is 21.4. The Balaban J connectivity index is 2.27. The number of thiophene rings is 1. The van der Waals surface area contributed by atoms with E-state index in [2.05, 4.69) is 23.0 Å². The van der Waals surface area contributed by atoms with Crippen LogP contribution in [0, 0.1) is 0 Å². The molecule has 4 nitrogen and oxygen atoms in total. The smallest absolute Gasteiger partial charge is 0.304 e.